The summed E-state index contributed by atoms with van der Waals surface area (Å²) in [5, 5.41) is 0. The van der Waals surface area contributed by atoms with Crippen molar-refractivity contribution in [2.45, 2.75) is 44.5 Å². The van der Waals surface area contributed by atoms with Crippen molar-refractivity contribution in [2.75, 3.05) is 25.2 Å². The summed E-state index contributed by atoms with van der Waals surface area (Å²) in [6.07, 6.45) is 2.14. The van der Waals surface area contributed by atoms with Crippen LogP contribution in [-0.2, 0) is 10.6 Å². The lowest BCUT2D eigenvalue weighted by Gasteiger charge is -2.32. The van der Waals surface area contributed by atoms with Gasteiger partial charge in [0.05, 0.1) is 0 Å². The molecule has 19 heavy (non-hydrogen) atoms. The Bertz CT molecular complexity index is 417. The van der Waals surface area contributed by atoms with Crippen molar-refractivity contribution >= 4 is 17.4 Å². The third-order valence-electron chi connectivity index (χ3n) is 3.74. The molecule has 1 aliphatic heterocycles. The molecule has 0 N–H and O–H groups in total. The number of nitrogens with zero attached hydrogens (tertiary/aromatic N) is 2. The normalized spacial score (nSPS) is 16.9. The molecule has 4 heteroatoms. The van der Waals surface area contributed by atoms with Gasteiger partial charge in [-0.05, 0) is 36.5 Å². The minimum Gasteiger partial charge on any atom is -0.381 e. The van der Waals surface area contributed by atoms with Crippen LogP contribution >= 0.6 is 11.6 Å². The highest BCUT2D eigenvalue weighted by atomic mass is 35.5. The van der Waals surface area contributed by atoms with E-state index in [4.69, 9.17) is 21.3 Å². The molecule has 0 atom stereocenters. The molecule has 1 saturated heterocycles. The zero-order chi connectivity index (χ0) is 13.8. The summed E-state index contributed by atoms with van der Waals surface area (Å²) >= 11 is 6.00. The van der Waals surface area contributed by atoms with Gasteiger partial charge in [-0.1, -0.05) is 13.8 Å². The van der Waals surface area contributed by atoms with Crippen LogP contribution in [-0.4, -0.2) is 31.3 Å². The number of aromatic nitrogens is 1. The Morgan fingerprint density at radius 2 is 2.05 bits per heavy atom. The van der Waals surface area contributed by atoms with Crippen molar-refractivity contribution < 1.29 is 4.74 Å². The molecular formula is C15H23ClN2O. The van der Waals surface area contributed by atoms with E-state index in [2.05, 4.69) is 37.9 Å². The number of pyridine rings is 1. The molecule has 1 aliphatic rings. The number of alkyl halides is 1. The fraction of sp³-hybridized carbons (Fsp3) is 0.667. The Balaban J connectivity index is 2.24. The van der Waals surface area contributed by atoms with Crippen molar-refractivity contribution in [1.29, 1.82) is 0 Å². The summed E-state index contributed by atoms with van der Waals surface area (Å²) in [5.74, 6) is 2.00. The Morgan fingerprint density at radius 1 is 1.37 bits per heavy atom. The first-order valence-corrected chi connectivity index (χ1v) is 7.52. The van der Waals surface area contributed by atoms with Crippen LogP contribution in [0.5, 0.6) is 0 Å². The predicted molar refractivity (Wildman–Crippen MR) is 80.1 cm³/mol. The second-order valence-electron chi connectivity index (χ2n) is 5.50. The van der Waals surface area contributed by atoms with Gasteiger partial charge in [0.2, 0.25) is 0 Å². The molecule has 3 nitrogen and oxygen atoms in total. The number of anilines is 1. The fourth-order valence-electron chi connectivity index (χ4n) is 2.41. The molecule has 0 amide bonds. The van der Waals surface area contributed by atoms with E-state index in [9.17, 15) is 0 Å². The monoisotopic (exact) mass is 282 g/mol. The Kier molecular flexibility index (Phi) is 5.06. The van der Waals surface area contributed by atoms with Crippen molar-refractivity contribution in [3.05, 3.63) is 23.4 Å². The van der Waals surface area contributed by atoms with Gasteiger partial charge in [0.25, 0.3) is 0 Å². The van der Waals surface area contributed by atoms with Gasteiger partial charge in [0.1, 0.15) is 5.82 Å². The number of ether oxygens (including phenoxy) is 1. The average molecular weight is 283 g/mol. The molecular weight excluding hydrogens is 260 g/mol. The fourth-order valence-corrected chi connectivity index (χ4v) is 2.56. The molecule has 0 saturated carbocycles. The number of hydrogen-bond acceptors (Lipinski definition) is 3. The van der Waals surface area contributed by atoms with Crippen LogP contribution in [0.4, 0.5) is 5.82 Å². The lowest BCUT2D eigenvalue weighted by atomic mass is 10.1. The second-order valence-corrected chi connectivity index (χ2v) is 5.77. The molecule has 0 bridgehead atoms. The summed E-state index contributed by atoms with van der Waals surface area (Å²) in [5.41, 5.74) is 2.27. The lowest BCUT2D eigenvalue weighted by Crippen LogP contribution is -2.37. The van der Waals surface area contributed by atoms with Crippen LogP contribution in [0, 0.1) is 0 Å². The van der Waals surface area contributed by atoms with E-state index in [1.54, 1.807) is 0 Å². The molecule has 0 spiro atoms. The molecule has 1 fully saturated rings. The number of rotatable bonds is 4. The van der Waals surface area contributed by atoms with E-state index >= 15 is 0 Å². The van der Waals surface area contributed by atoms with Crippen LogP contribution in [0.25, 0.3) is 0 Å². The van der Waals surface area contributed by atoms with Crippen LogP contribution in [0.2, 0.25) is 0 Å². The first-order chi connectivity index (χ1) is 9.11. The van der Waals surface area contributed by atoms with E-state index in [0.29, 0.717) is 17.8 Å². The van der Waals surface area contributed by atoms with Gasteiger partial charge in [-0.15, -0.1) is 11.6 Å². The molecule has 1 aromatic heterocycles. The van der Waals surface area contributed by atoms with Crippen LogP contribution in [0.1, 0.15) is 43.9 Å². The van der Waals surface area contributed by atoms with Gasteiger partial charge in [-0.2, -0.15) is 0 Å². The molecule has 106 valence electrons. The zero-order valence-corrected chi connectivity index (χ0v) is 12.8. The smallest absolute Gasteiger partial charge is 0.129 e. The summed E-state index contributed by atoms with van der Waals surface area (Å²) < 4.78 is 5.42. The van der Waals surface area contributed by atoms with Crippen LogP contribution < -0.4 is 4.90 Å². The highest BCUT2D eigenvalue weighted by Crippen LogP contribution is 2.24. The van der Waals surface area contributed by atoms with Gasteiger partial charge >= 0.3 is 0 Å². The highest BCUT2D eigenvalue weighted by Gasteiger charge is 2.20. The van der Waals surface area contributed by atoms with Gasteiger partial charge in [0.15, 0.2) is 0 Å². The van der Waals surface area contributed by atoms with Crippen LogP contribution in [0.15, 0.2) is 12.1 Å². The maximum atomic E-state index is 6.00. The van der Waals surface area contributed by atoms with Crippen molar-refractivity contribution in [3.63, 3.8) is 0 Å². The van der Waals surface area contributed by atoms with Gasteiger partial charge < -0.3 is 9.64 Å². The first-order valence-electron chi connectivity index (χ1n) is 6.99. The third kappa shape index (κ3) is 3.61. The minimum absolute atomic E-state index is 0.421. The maximum Gasteiger partial charge on any atom is 0.129 e. The summed E-state index contributed by atoms with van der Waals surface area (Å²) in [7, 11) is 2.13. The van der Waals surface area contributed by atoms with Crippen LogP contribution in [0.3, 0.4) is 0 Å². The lowest BCUT2D eigenvalue weighted by molar-refractivity contribution is 0.0853. The molecule has 0 unspecified atom stereocenters. The van der Waals surface area contributed by atoms with Crippen molar-refractivity contribution in [1.82, 2.24) is 4.98 Å². The first kappa shape index (κ1) is 14.6. The second kappa shape index (κ2) is 6.58. The van der Waals surface area contributed by atoms with Gasteiger partial charge in [-0.25, -0.2) is 4.98 Å². The van der Waals surface area contributed by atoms with E-state index in [1.807, 2.05) is 0 Å². The molecule has 0 aromatic carbocycles. The quantitative estimate of drug-likeness (QED) is 0.790. The van der Waals surface area contributed by atoms with E-state index < -0.39 is 0 Å². The van der Waals surface area contributed by atoms with E-state index in [-0.39, 0.29) is 0 Å². The summed E-state index contributed by atoms with van der Waals surface area (Å²) in [6.45, 7) is 6.03. The van der Waals surface area contributed by atoms with Gasteiger partial charge in [-0.3, -0.25) is 0 Å². The topological polar surface area (TPSA) is 25.4 Å². The Labute approximate surface area is 120 Å². The van der Waals surface area contributed by atoms with E-state index in [1.165, 1.54) is 0 Å². The SMILES string of the molecule is CC(C)c1cc(CCl)cc(N(C)C2CCOCC2)n1. The molecule has 0 radical (unpaired) electrons. The summed E-state index contributed by atoms with van der Waals surface area (Å²) in [4.78, 5) is 7.06. The van der Waals surface area contributed by atoms with Crippen molar-refractivity contribution in [2.24, 2.45) is 0 Å². The van der Waals surface area contributed by atoms with Gasteiger partial charge in [0, 0.05) is 37.9 Å². The Morgan fingerprint density at radius 3 is 2.63 bits per heavy atom. The standard InChI is InChI=1S/C15H23ClN2O/c1-11(2)14-8-12(10-16)9-15(17-14)18(3)13-4-6-19-7-5-13/h8-9,11,13H,4-7,10H2,1-3H3. The molecule has 1 aromatic rings. The van der Waals surface area contributed by atoms with Crippen molar-refractivity contribution in [3.8, 4) is 0 Å². The number of hydrogen-bond donors (Lipinski definition) is 0. The Hall–Kier alpha value is -0.800. The predicted octanol–water partition coefficient (Wildman–Crippen LogP) is 3.56. The molecule has 2 rings (SSSR count). The summed E-state index contributed by atoms with van der Waals surface area (Å²) in [6, 6.07) is 4.74. The highest BCUT2D eigenvalue weighted by molar-refractivity contribution is 6.17. The molecule has 2 heterocycles. The minimum atomic E-state index is 0.421. The average Bonchev–Trinajstić information content (AvgIpc) is 2.46. The van der Waals surface area contributed by atoms with E-state index in [0.717, 1.165) is 43.1 Å². The largest absolute Gasteiger partial charge is 0.381 e. The maximum absolute atomic E-state index is 6.00. The third-order valence-corrected chi connectivity index (χ3v) is 4.05. The number of halogens is 1. The zero-order valence-electron chi connectivity index (χ0n) is 12.0. The molecule has 0 aliphatic carbocycles.